The number of thioether (sulfide) groups is 1. The normalized spacial score (nSPS) is 14.1. The van der Waals surface area contributed by atoms with Crippen LogP contribution in [0.2, 0.25) is 5.02 Å². The second-order valence-corrected chi connectivity index (χ2v) is 7.72. The Morgan fingerprint density at radius 2 is 2.11 bits per heavy atom. The summed E-state index contributed by atoms with van der Waals surface area (Å²) in [5.41, 5.74) is 0.805. The molecule has 1 aromatic carbocycles. The molecule has 0 aliphatic carbocycles. The SMILES string of the molecule is O=C1CCCN1Cc1nnc(SCc2ccc(F)cc2Cl)n1-c1ccccn1. The van der Waals surface area contributed by atoms with E-state index >= 15 is 0 Å². The fourth-order valence-electron chi connectivity index (χ4n) is 3.04. The molecule has 0 atom stereocenters. The molecule has 1 amide bonds. The van der Waals surface area contributed by atoms with Crippen LogP contribution in [0.1, 0.15) is 24.2 Å². The molecule has 0 N–H and O–H groups in total. The van der Waals surface area contributed by atoms with Crippen LogP contribution in [0.3, 0.4) is 0 Å². The number of amides is 1. The summed E-state index contributed by atoms with van der Waals surface area (Å²) < 4.78 is 15.1. The zero-order chi connectivity index (χ0) is 19.5. The summed E-state index contributed by atoms with van der Waals surface area (Å²) in [7, 11) is 0. The van der Waals surface area contributed by atoms with Crippen LogP contribution in [0.15, 0.2) is 47.8 Å². The van der Waals surface area contributed by atoms with E-state index in [0.717, 1.165) is 18.5 Å². The van der Waals surface area contributed by atoms with E-state index in [4.69, 9.17) is 11.6 Å². The number of halogens is 2. The van der Waals surface area contributed by atoms with Crippen molar-refractivity contribution in [3.05, 3.63) is 64.8 Å². The molecule has 0 saturated carbocycles. The van der Waals surface area contributed by atoms with Crippen molar-refractivity contribution in [2.75, 3.05) is 6.54 Å². The zero-order valence-corrected chi connectivity index (χ0v) is 16.5. The molecule has 0 bridgehead atoms. The number of rotatable bonds is 6. The minimum absolute atomic E-state index is 0.128. The van der Waals surface area contributed by atoms with E-state index in [1.54, 1.807) is 17.2 Å². The van der Waals surface area contributed by atoms with E-state index in [1.807, 2.05) is 22.8 Å². The van der Waals surface area contributed by atoms with E-state index in [0.29, 0.717) is 40.5 Å². The zero-order valence-electron chi connectivity index (χ0n) is 14.9. The third-order valence-corrected chi connectivity index (χ3v) is 5.78. The molecule has 144 valence electrons. The summed E-state index contributed by atoms with van der Waals surface area (Å²) in [4.78, 5) is 18.2. The Morgan fingerprint density at radius 3 is 2.82 bits per heavy atom. The average Bonchev–Trinajstić information content (AvgIpc) is 3.28. The number of aromatic nitrogens is 4. The Morgan fingerprint density at radius 1 is 1.21 bits per heavy atom. The maximum Gasteiger partial charge on any atom is 0.223 e. The molecule has 9 heteroatoms. The first kappa shape index (κ1) is 18.9. The van der Waals surface area contributed by atoms with Gasteiger partial charge < -0.3 is 4.90 Å². The van der Waals surface area contributed by atoms with Gasteiger partial charge in [-0.2, -0.15) is 0 Å². The van der Waals surface area contributed by atoms with Crippen molar-refractivity contribution in [3.63, 3.8) is 0 Å². The van der Waals surface area contributed by atoms with Crippen LogP contribution in [-0.4, -0.2) is 37.1 Å². The van der Waals surface area contributed by atoms with Crippen molar-refractivity contribution < 1.29 is 9.18 Å². The van der Waals surface area contributed by atoms with Crippen LogP contribution in [0.25, 0.3) is 5.82 Å². The Kier molecular flexibility index (Phi) is 5.59. The van der Waals surface area contributed by atoms with Crippen molar-refractivity contribution in [2.45, 2.75) is 30.3 Å². The molecule has 1 saturated heterocycles. The second-order valence-electron chi connectivity index (χ2n) is 6.37. The van der Waals surface area contributed by atoms with Gasteiger partial charge in [-0.1, -0.05) is 35.5 Å². The van der Waals surface area contributed by atoms with Gasteiger partial charge in [0.15, 0.2) is 11.0 Å². The van der Waals surface area contributed by atoms with Crippen LogP contribution in [0.4, 0.5) is 4.39 Å². The van der Waals surface area contributed by atoms with Crippen LogP contribution in [0.5, 0.6) is 0 Å². The third kappa shape index (κ3) is 4.02. The van der Waals surface area contributed by atoms with Crippen LogP contribution in [0, 0.1) is 5.82 Å². The number of likely N-dealkylation sites (tertiary alicyclic amines) is 1. The summed E-state index contributed by atoms with van der Waals surface area (Å²) in [6.07, 6.45) is 3.13. The van der Waals surface area contributed by atoms with E-state index in [1.165, 1.54) is 23.9 Å². The predicted octanol–water partition coefficient (Wildman–Crippen LogP) is 3.87. The van der Waals surface area contributed by atoms with E-state index in [2.05, 4.69) is 15.2 Å². The Hall–Kier alpha value is -2.45. The molecule has 0 spiro atoms. The third-order valence-electron chi connectivity index (χ3n) is 4.45. The first-order valence-corrected chi connectivity index (χ1v) is 10.2. The highest BCUT2D eigenvalue weighted by Crippen LogP contribution is 2.28. The smallest absolute Gasteiger partial charge is 0.223 e. The highest BCUT2D eigenvalue weighted by Gasteiger charge is 2.24. The molecule has 3 aromatic rings. The van der Waals surface area contributed by atoms with Crippen molar-refractivity contribution in [2.24, 2.45) is 0 Å². The lowest BCUT2D eigenvalue weighted by atomic mass is 10.2. The Labute approximate surface area is 170 Å². The number of carbonyl (C=O) groups excluding carboxylic acids is 1. The minimum atomic E-state index is -0.368. The van der Waals surface area contributed by atoms with Crippen molar-refractivity contribution in [3.8, 4) is 5.82 Å². The van der Waals surface area contributed by atoms with Gasteiger partial charge in [0.1, 0.15) is 11.6 Å². The molecule has 0 unspecified atom stereocenters. The summed E-state index contributed by atoms with van der Waals surface area (Å²) in [5.74, 6) is 1.60. The highest BCUT2D eigenvalue weighted by molar-refractivity contribution is 7.98. The first-order valence-electron chi connectivity index (χ1n) is 8.82. The molecule has 0 radical (unpaired) electrons. The maximum atomic E-state index is 13.3. The number of benzene rings is 1. The summed E-state index contributed by atoms with van der Waals surface area (Å²) in [6.45, 7) is 1.11. The Bertz CT molecular complexity index is 997. The molecule has 1 aliphatic rings. The fraction of sp³-hybridized carbons (Fsp3) is 0.263. The number of nitrogens with zero attached hydrogens (tertiary/aromatic N) is 5. The monoisotopic (exact) mass is 417 g/mol. The lowest BCUT2D eigenvalue weighted by Crippen LogP contribution is -2.25. The topological polar surface area (TPSA) is 63.9 Å². The van der Waals surface area contributed by atoms with Gasteiger partial charge in [-0.15, -0.1) is 10.2 Å². The minimum Gasteiger partial charge on any atom is -0.335 e. The lowest BCUT2D eigenvalue weighted by Gasteiger charge is -2.16. The van der Waals surface area contributed by atoms with Crippen LogP contribution >= 0.6 is 23.4 Å². The van der Waals surface area contributed by atoms with Gasteiger partial charge in [0, 0.05) is 29.9 Å². The van der Waals surface area contributed by atoms with Gasteiger partial charge in [-0.3, -0.25) is 9.36 Å². The van der Waals surface area contributed by atoms with Crippen molar-refractivity contribution in [1.82, 2.24) is 24.6 Å². The first-order chi connectivity index (χ1) is 13.6. The summed E-state index contributed by atoms with van der Waals surface area (Å²) >= 11 is 7.57. The molecule has 2 aromatic heterocycles. The molecular formula is C19H17ClFN5OS. The van der Waals surface area contributed by atoms with Gasteiger partial charge in [-0.25, -0.2) is 9.37 Å². The molecular weight excluding hydrogens is 401 g/mol. The van der Waals surface area contributed by atoms with Crippen molar-refractivity contribution in [1.29, 1.82) is 0 Å². The molecule has 3 heterocycles. The molecule has 6 nitrogen and oxygen atoms in total. The number of carbonyl (C=O) groups is 1. The van der Waals surface area contributed by atoms with Crippen molar-refractivity contribution >= 4 is 29.3 Å². The maximum absolute atomic E-state index is 13.3. The fourth-order valence-corrected chi connectivity index (χ4v) is 4.31. The number of hydrogen-bond acceptors (Lipinski definition) is 5. The molecule has 28 heavy (non-hydrogen) atoms. The van der Waals surface area contributed by atoms with Gasteiger partial charge in [0.2, 0.25) is 5.91 Å². The quantitative estimate of drug-likeness (QED) is 0.570. The van der Waals surface area contributed by atoms with Gasteiger partial charge >= 0.3 is 0 Å². The molecule has 4 rings (SSSR count). The van der Waals surface area contributed by atoms with E-state index in [9.17, 15) is 9.18 Å². The second kappa shape index (κ2) is 8.28. The molecule has 1 fully saturated rings. The van der Waals surface area contributed by atoms with Crippen LogP contribution < -0.4 is 0 Å². The van der Waals surface area contributed by atoms with Gasteiger partial charge in [0.05, 0.1) is 6.54 Å². The molecule has 1 aliphatic heterocycles. The Balaban J connectivity index is 1.62. The van der Waals surface area contributed by atoms with Gasteiger partial charge in [-0.05, 0) is 36.2 Å². The summed E-state index contributed by atoms with van der Waals surface area (Å²) in [5, 5.41) is 9.62. The van der Waals surface area contributed by atoms with Gasteiger partial charge in [0.25, 0.3) is 0 Å². The van der Waals surface area contributed by atoms with E-state index in [-0.39, 0.29) is 11.7 Å². The largest absolute Gasteiger partial charge is 0.335 e. The van der Waals surface area contributed by atoms with Crippen LogP contribution in [-0.2, 0) is 17.1 Å². The standard InChI is InChI=1S/C19H17ClFN5OS/c20-15-10-14(21)7-6-13(15)12-28-19-24-23-17(11-25-9-3-5-18(25)27)26(19)16-4-1-2-8-22-16/h1-2,4,6-8,10H,3,5,9,11-12H2. The summed E-state index contributed by atoms with van der Waals surface area (Å²) in [6, 6.07) is 9.94. The van der Waals surface area contributed by atoms with E-state index < -0.39 is 0 Å². The lowest BCUT2D eigenvalue weighted by molar-refractivity contribution is -0.128. The number of pyridine rings is 1. The average molecular weight is 418 g/mol. The predicted molar refractivity (Wildman–Crippen MR) is 105 cm³/mol. The highest BCUT2D eigenvalue weighted by atomic mass is 35.5. The number of hydrogen-bond donors (Lipinski definition) is 0.